The Hall–Kier alpha value is -2.62. The number of benzene rings is 2. The lowest BCUT2D eigenvalue weighted by atomic mass is 10.1. The number of hydrogen-bond acceptors (Lipinski definition) is 4. The van der Waals surface area contributed by atoms with Crippen LogP contribution in [0, 0.1) is 6.92 Å². The van der Waals surface area contributed by atoms with Gasteiger partial charge in [0.25, 0.3) is 0 Å². The van der Waals surface area contributed by atoms with Gasteiger partial charge in [0.2, 0.25) is 5.89 Å². The quantitative estimate of drug-likeness (QED) is 0.715. The lowest BCUT2D eigenvalue weighted by Gasteiger charge is -2.05. The van der Waals surface area contributed by atoms with Crippen LogP contribution in [0.4, 0.5) is 0 Å². The fraction of sp³-hybridized carbons (Fsp3) is 0.125. The molecule has 0 unspecified atom stereocenters. The summed E-state index contributed by atoms with van der Waals surface area (Å²) in [7, 11) is 1.55. The molecule has 2 aromatic carbocycles. The van der Waals surface area contributed by atoms with Gasteiger partial charge in [-0.3, -0.25) is 0 Å². The minimum atomic E-state index is -0.410. The fourth-order valence-corrected chi connectivity index (χ4v) is 2.11. The van der Waals surface area contributed by atoms with Crippen LogP contribution in [0.5, 0.6) is 5.75 Å². The van der Waals surface area contributed by atoms with E-state index in [0.29, 0.717) is 22.5 Å². The van der Waals surface area contributed by atoms with Crippen LogP contribution in [0.2, 0.25) is 0 Å². The Morgan fingerprint density at radius 3 is 2.70 bits per heavy atom. The first-order chi connectivity index (χ1) is 9.69. The van der Waals surface area contributed by atoms with Gasteiger partial charge in [0.05, 0.1) is 18.0 Å². The van der Waals surface area contributed by atoms with E-state index in [0.717, 1.165) is 11.1 Å². The molecule has 0 atom stereocenters. The Morgan fingerprint density at radius 1 is 1.15 bits per heavy atom. The van der Waals surface area contributed by atoms with Crippen LogP contribution >= 0.6 is 0 Å². The molecule has 0 bridgehead atoms. The second-order valence-corrected chi connectivity index (χ2v) is 4.50. The van der Waals surface area contributed by atoms with Gasteiger partial charge in [0, 0.05) is 5.56 Å². The fourth-order valence-electron chi connectivity index (χ4n) is 2.11. The van der Waals surface area contributed by atoms with Gasteiger partial charge in [-0.05, 0) is 36.8 Å². The Balaban J connectivity index is 2.26. The molecule has 20 heavy (non-hydrogen) atoms. The molecule has 0 aliphatic carbocycles. The second-order valence-electron chi connectivity index (χ2n) is 4.50. The largest absolute Gasteiger partial charge is 0.497 e. The van der Waals surface area contributed by atoms with Crippen LogP contribution in [-0.2, 0) is 0 Å². The number of methoxy groups -OCH3 is 1. The molecule has 0 aliphatic rings. The summed E-state index contributed by atoms with van der Waals surface area (Å²) in [6, 6.07) is 12.8. The van der Waals surface area contributed by atoms with Crippen molar-refractivity contribution in [3.8, 4) is 17.2 Å². The molecule has 0 fully saturated rings. The molecule has 0 saturated carbocycles. The molecule has 0 N–H and O–H groups in total. The summed E-state index contributed by atoms with van der Waals surface area (Å²) in [5, 5.41) is 0.418. The van der Waals surface area contributed by atoms with Gasteiger partial charge in [0.15, 0.2) is 0 Å². The van der Waals surface area contributed by atoms with E-state index in [-0.39, 0.29) is 0 Å². The summed E-state index contributed by atoms with van der Waals surface area (Å²) in [6.45, 7) is 1.95. The molecule has 1 aromatic heterocycles. The lowest BCUT2D eigenvalue weighted by molar-refractivity contribution is 0.415. The van der Waals surface area contributed by atoms with E-state index in [1.165, 1.54) is 0 Å². The summed E-state index contributed by atoms with van der Waals surface area (Å²) in [5.41, 5.74) is 2.02. The second kappa shape index (κ2) is 4.81. The average Bonchev–Trinajstić information content (AvgIpc) is 2.47. The first kappa shape index (κ1) is 12.4. The normalized spacial score (nSPS) is 10.7. The Morgan fingerprint density at radius 2 is 1.95 bits per heavy atom. The van der Waals surface area contributed by atoms with Crippen LogP contribution < -0.4 is 10.4 Å². The van der Waals surface area contributed by atoms with Crippen molar-refractivity contribution in [1.82, 2.24) is 4.98 Å². The van der Waals surface area contributed by atoms with E-state index in [4.69, 9.17) is 9.15 Å². The number of fused-ring (bicyclic) bond motifs is 1. The highest BCUT2D eigenvalue weighted by Crippen LogP contribution is 2.23. The summed E-state index contributed by atoms with van der Waals surface area (Å²) >= 11 is 0. The first-order valence-electron chi connectivity index (χ1n) is 6.24. The lowest BCUT2D eigenvalue weighted by Crippen LogP contribution is -2.03. The Kier molecular flexibility index (Phi) is 2.99. The Bertz CT molecular complexity index is 836. The summed E-state index contributed by atoms with van der Waals surface area (Å²) in [6.07, 6.45) is 0. The van der Waals surface area contributed by atoms with Crippen molar-refractivity contribution in [2.24, 2.45) is 0 Å². The SMILES string of the molecule is COc1ccc2nc(-c3ccccc3C)oc(=O)c2c1. The molecular weight excluding hydrogens is 254 g/mol. The maximum atomic E-state index is 12.1. The van der Waals surface area contributed by atoms with Crippen molar-refractivity contribution in [3.63, 3.8) is 0 Å². The monoisotopic (exact) mass is 267 g/mol. The minimum Gasteiger partial charge on any atom is -0.497 e. The molecule has 4 heteroatoms. The van der Waals surface area contributed by atoms with E-state index in [2.05, 4.69) is 4.98 Å². The van der Waals surface area contributed by atoms with Gasteiger partial charge in [0.1, 0.15) is 5.75 Å². The number of aryl methyl sites for hydroxylation is 1. The third-order valence-electron chi connectivity index (χ3n) is 3.21. The van der Waals surface area contributed by atoms with Gasteiger partial charge < -0.3 is 9.15 Å². The molecule has 100 valence electrons. The van der Waals surface area contributed by atoms with Crippen molar-refractivity contribution in [2.75, 3.05) is 7.11 Å². The van der Waals surface area contributed by atoms with Gasteiger partial charge in [-0.2, -0.15) is 0 Å². The van der Waals surface area contributed by atoms with Crippen molar-refractivity contribution in [2.45, 2.75) is 6.92 Å². The number of rotatable bonds is 2. The molecule has 4 nitrogen and oxygen atoms in total. The summed E-state index contributed by atoms with van der Waals surface area (Å²) in [4.78, 5) is 16.5. The van der Waals surface area contributed by atoms with Crippen LogP contribution in [-0.4, -0.2) is 12.1 Å². The topological polar surface area (TPSA) is 52.3 Å². The molecule has 3 rings (SSSR count). The van der Waals surface area contributed by atoms with Gasteiger partial charge in [-0.15, -0.1) is 0 Å². The van der Waals surface area contributed by atoms with Crippen molar-refractivity contribution in [3.05, 3.63) is 58.4 Å². The van der Waals surface area contributed by atoms with E-state index >= 15 is 0 Å². The van der Waals surface area contributed by atoms with E-state index in [1.54, 1.807) is 25.3 Å². The summed E-state index contributed by atoms with van der Waals surface area (Å²) < 4.78 is 10.4. The van der Waals surface area contributed by atoms with E-state index in [9.17, 15) is 4.79 Å². The van der Waals surface area contributed by atoms with Gasteiger partial charge >= 0.3 is 5.63 Å². The number of hydrogen-bond donors (Lipinski definition) is 0. The zero-order valence-corrected chi connectivity index (χ0v) is 11.2. The molecule has 0 aliphatic heterocycles. The van der Waals surface area contributed by atoms with Crippen LogP contribution in [0.15, 0.2) is 51.7 Å². The predicted molar refractivity (Wildman–Crippen MR) is 77.0 cm³/mol. The summed E-state index contributed by atoms with van der Waals surface area (Å²) in [5.74, 6) is 0.945. The van der Waals surface area contributed by atoms with Gasteiger partial charge in [-0.1, -0.05) is 18.2 Å². The molecule has 0 radical (unpaired) electrons. The third kappa shape index (κ3) is 2.05. The highest BCUT2D eigenvalue weighted by Gasteiger charge is 2.10. The number of nitrogens with zero attached hydrogens (tertiary/aromatic N) is 1. The third-order valence-corrected chi connectivity index (χ3v) is 3.21. The van der Waals surface area contributed by atoms with Crippen molar-refractivity contribution >= 4 is 10.9 Å². The van der Waals surface area contributed by atoms with E-state index < -0.39 is 5.63 Å². The highest BCUT2D eigenvalue weighted by atomic mass is 16.5. The number of aromatic nitrogens is 1. The molecule has 3 aromatic rings. The zero-order valence-electron chi connectivity index (χ0n) is 11.2. The van der Waals surface area contributed by atoms with Crippen molar-refractivity contribution < 1.29 is 9.15 Å². The highest BCUT2D eigenvalue weighted by molar-refractivity contribution is 5.80. The molecular formula is C16H13NO3. The predicted octanol–water partition coefficient (Wildman–Crippen LogP) is 3.17. The molecule has 0 spiro atoms. The molecule has 0 amide bonds. The maximum absolute atomic E-state index is 12.1. The smallest absolute Gasteiger partial charge is 0.347 e. The molecule has 0 saturated heterocycles. The molecule has 1 heterocycles. The average molecular weight is 267 g/mol. The van der Waals surface area contributed by atoms with E-state index in [1.807, 2.05) is 31.2 Å². The van der Waals surface area contributed by atoms with Crippen molar-refractivity contribution in [1.29, 1.82) is 0 Å². The zero-order chi connectivity index (χ0) is 14.1. The number of ether oxygens (including phenoxy) is 1. The first-order valence-corrected chi connectivity index (χ1v) is 6.24. The van der Waals surface area contributed by atoms with Crippen LogP contribution in [0.25, 0.3) is 22.4 Å². The standard InChI is InChI=1S/C16H13NO3/c1-10-5-3-4-6-12(10)15-17-14-8-7-11(19-2)9-13(14)16(18)20-15/h3-9H,1-2H3. The minimum absolute atomic E-state index is 0.339. The Labute approximate surface area is 115 Å². The maximum Gasteiger partial charge on any atom is 0.347 e. The van der Waals surface area contributed by atoms with Crippen LogP contribution in [0.3, 0.4) is 0 Å². The van der Waals surface area contributed by atoms with Crippen LogP contribution in [0.1, 0.15) is 5.56 Å². The van der Waals surface area contributed by atoms with Gasteiger partial charge in [-0.25, -0.2) is 9.78 Å².